The van der Waals surface area contributed by atoms with E-state index in [1.807, 2.05) is 6.07 Å². The Labute approximate surface area is 92.2 Å². The van der Waals surface area contributed by atoms with Gasteiger partial charge in [-0.2, -0.15) is 14.0 Å². The molecule has 0 aromatic heterocycles. The first-order chi connectivity index (χ1) is 7.69. The van der Waals surface area contributed by atoms with Crippen LogP contribution in [-0.2, 0) is 6.42 Å². The molecule has 0 saturated heterocycles. The molecule has 0 unspecified atom stereocenters. The fraction of sp³-hybridized carbons (Fsp3) is 0.364. The van der Waals surface area contributed by atoms with Gasteiger partial charge in [0, 0.05) is 6.42 Å². The molecule has 1 rings (SSSR count). The van der Waals surface area contributed by atoms with Crippen LogP contribution < -0.4 is 9.47 Å². The van der Waals surface area contributed by atoms with Crippen molar-refractivity contribution in [3.63, 3.8) is 0 Å². The molecule has 0 aliphatic heterocycles. The van der Waals surface area contributed by atoms with Gasteiger partial charge in [0.05, 0.1) is 13.2 Å². The summed E-state index contributed by atoms with van der Waals surface area (Å²) in [6, 6.07) is 6.79. The van der Waals surface area contributed by atoms with Gasteiger partial charge in [-0.25, -0.2) is 0 Å². The molecule has 16 heavy (non-hydrogen) atoms. The molecule has 1 aromatic rings. The van der Waals surface area contributed by atoms with Crippen LogP contribution in [0.4, 0.5) is 8.78 Å². The number of alkyl halides is 2. The van der Waals surface area contributed by atoms with Crippen molar-refractivity contribution in [3.05, 3.63) is 23.8 Å². The number of methoxy groups -OCH3 is 1. The molecule has 3 nitrogen and oxygen atoms in total. The van der Waals surface area contributed by atoms with Gasteiger partial charge in [-0.05, 0) is 18.1 Å². The third kappa shape index (κ3) is 3.09. The number of nitrogens with zero attached hydrogens (tertiary/aromatic N) is 1. The van der Waals surface area contributed by atoms with Gasteiger partial charge in [0.25, 0.3) is 0 Å². The first-order valence-corrected chi connectivity index (χ1v) is 4.66. The highest BCUT2D eigenvalue weighted by molar-refractivity contribution is 5.46. The van der Waals surface area contributed by atoms with Crippen molar-refractivity contribution in [3.8, 4) is 17.6 Å². The fourth-order valence-corrected chi connectivity index (χ4v) is 1.33. The summed E-state index contributed by atoms with van der Waals surface area (Å²) in [5.41, 5.74) is 0.543. The molecule has 0 heterocycles. The minimum Gasteiger partial charge on any atom is -0.493 e. The third-order valence-corrected chi connectivity index (χ3v) is 1.99. The van der Waals surface area contributed by atoms with Crippen molar-refractivity contribution in [1.29, 1.82) is 5.26 Å². The lowest BCUT2D eigenvalue weighted by Crippen LogP contribution is -2.06. The highest BCUT2D eigenvalue weighted by Gasteiger charge is 2.14. The molecule has 0 aliphatic carbocycles. The van der Waals surface area contributed by atoms with E-state index in [9.17, 15) is 8.78 Å². The fourth-order valence-electron chi connectivity index (χ4n) is 1.33. The molecule has 0 saturated carbocycles. The van der Waals surface area contributed by atoms with Crippen molar-refractivity contribution in [1.82, 2.24) is 0 Å². The van der Waals surface area contributed by atoms with Crippen LogP contribution in [0.2, 0.25) is 0 Å². The van der Waals surface area contributed by atoms with Gasteiger partial charge in [0.15, 0.2) is 11.5 Å². The molecule has 1 aromatic carbocycles. The van der Waals surface area contributed by atoms with E-state index in [1.165, 1.54) is 13.2 Å². The van der Waals surface area contributed by atoms with E-state index in [1.54, 1.807) is 12.1 Å². The number of para-hydroxylation sites is 1. The summed E-state index contributed by atoms with van der Waals surface area (Å²) >= 11 is 0. The zero-order chi connectivity index (χ0) is 12.0. The Kier molecular flexibility index (Phi) is 4.52. The number of benzene rings is 1. The topological polar surface area (TPSA) is 42.2 Å². The molecule has 0 atom stereocenters. The lowest BCUT2D eigenvalue weighted by atomic mass is 10.1. The van der Waals surface area contributed by atoms with Gasteiger partial charge < -0.3 is 9.47 Å². The molecule has 0 aliphatic rings. The minimum atomic E-state index is -2.91. The standard InChI is InChI=1S/C11H11F2NO2/c1-15-9-6-2-4-8(5-3-7-14)10(9)16-11(12)13/h2,4,6,11H,3,5H2,1H3. The van der Waals surface area contributed by atoms with Crippen molar-refractivity contribution in [2.45, 2.75) is 19.5 Å². The molecular weight excluding hydrogens is 216 g/mol. The maximum absolute atomic E-state index is 12.2. The molecule has 0 radical (unpaired) electrons. The van der Waals surface area contributed by atoms with Gasteiger partial charge in [0.2, 0.25) is 0 Å². The lowest BCUT2D eigenvalue weighted by molar-refractivity contribution is -0.0518. The Hall–Kier alpha value is -1.83. The smallest absolute Gasteiger partial charge is 0.387 e. The number of hydrogen-bond acceptors (Lipinski definition) is 3. The van der Waals surface area contributed by atoms with Crippen molar-refractivity contribution >= 4 is 0 Å². The predicted molar refractivity (Wildman–Crippen MR) is 53.6 cm³/mol. The van der Waals surface area contributed by atoms with E-state index in [-0.39, 0.29) is 17.9 Å². The van der Waals surface area contributed by atoms with Gasteiger partial charge in [0.1, 0.15) is 0 Å². The average molecular weight is 227 g/mol. The van der Waals surface area contributed by atoms with Crippen molar-refractivity contribution < 1.29 is 18.3 Å². The highest BCUT2D eigenvalue weighted by atomic mass is 19.3. The van der Waals surface area contributed by atoms with Crippen LogP contribution in [0.15, 0.2) is 18.2 Å². The van der Waals surface area contributed by atoms with E-state index in [4.69, 9.17) is 10.00 Å². The van der Waals surface area contributed by atoms with Crippen LogP contribution in [0.25, 0.3) is 0 Å². The van der Waals surface area contributed by atoms with Crippen LogP contribution in [0.5, 0.6) is 11.5 Å². The Morgan fingerprint density at radius 2 is 2.19 bits per heavy atom. The van der Waals surface area contributed by atoms with Gasteiger partial charge in [-0.3, -0.25) is 0 Å². The van der Waals surface area contributed by atoms with E-state index < -0.39 is 6.61 Å². The first kappa shape index (κ1) is 12.2. The zero-order valence-electron chi connectivity index (χ0n) is 8.74. The second kappa shape index (κ2) is 5.91. The number of ether oxygens (including phenoxy) is 2. The maximum atomic E-state index is 12.2. The normalized spacial score (nSPS) is 9.94. The van der Waals surface area contributed by atoms with Gasteiger partial charge in [-0.15, -0.1) is 0 Å². The summed E-state index contributed by atoms with van der Waals surface area (Å²) in [6.45, 7) is -2.91. The molecule has 0 fully saturated rings. The Balaban J connectivity index is 3.00. The monoisotopic (exact) mass is 227 g/mol. The predicted octanol–water partition coefficient (Wildman–Crippen LogP) is 2.75. The average Bonchev–Trinajstić information content (AvgIpc) is 2.27. The van der Waals surface area contributed by atoms with Crippen LogP contribution in [-0.4, -0.2) is 13.7 Å². The number of halogens is 2. The summed E-state index contributed by atoms with van der Waals surface area (Å²) in [5.74, 6) is 0.256. The third-order valence-electron chi connectivity index (χ3n) is 1.99. The highest BCUT2D eigenvalue weighted by Crippen LogP contribution is 2.33. The molecule has 0 N–H and O–H groups in total. The number of rotatable bonds is 5. The molecule has 0 bridgehead atoms. The Morgan fingerprint density at radius 1 is 1.44 bits per heavy atom. The molecular formula is C11H11F2NO2. The Bertz CT molecular complexity index is 388. The lowest BCUT2D eigenvalue weighted by Gasteiger charge is -2.13. The number of nitriles is 1. The second-order valence-electron chi connectivity index (χ2n) is 2.99. The summed E-state index contributed by atoms with van der Waals surface area (Å²) in [5, 5.41) is 8.46. The zero-order valence-corrected chi connectivity index (χ0v) is 8.74. The van der Waals surface area contributed by atoms with Gasteiger partial charge in [-0.1, -0.05) is 12.1 Å². The van der Waals surface area contributed by atoms with Crippen LogP contribution >= 0.6 is 0 Å². The van der Waals surface area contributed by atoms with E-state index in [2.05, 4.69) is 4.74 Å². The minimum absolute atomic E-state index is 0.00949. The summed E-state index contributed by atoms with van der Waals surface area (Å²) in [7, 11) is 1.38. The molecule has 86 valence electrons. The molecule has 0 spiro atoms. The summed E-state index contributed by atoms with van der Waals surface area (Å²) < 4.78 is 33.7. The number of hydrogen-bond donors (Lipinski definition) is 0. The van der Waals surface area contributed by atoms with E-state index in [0.717, 1.165) is 0 Å². The van der Waals surface area contributed by atoms with Gasteiger partial charge >= 0.3 is 6.61 Å². The quantitative estimate of drug-likeness (QED) is 0.776. The van der Waals surface area contributed by atoms with Crippen LogP contribution in [0.1, 0.15) is 12.0 Å². The molecule has 0 amide bonds. The second-order valence-corrected chi connectivity index (χ2v) is 2.99. The van der Waals surface area contributed by atoms with E-state index in [0.29, 0.717) is 12.0 Å². The first-order valence-electron chi connectivity index (χ1n) is 4.66. The summed E-state index contributed by atoms with van der Waals surface area (Å²) in [6.07, 6.45) is 0.600. The van der Waals surface area contributed by atoms with E-state index >= 15 is 0 Å². The van der Waals surface area contributed by atoms with Crippen LogP contribution in [0, 0.1) is 11.3 Å². The largest absolute Gasteiger partial charge is 0.493 e. The van der Waals surface area contributed by atoms with Crippen LogP contribution in [0.3, 0.4) is 0 Å². The SMILES string of the molecule is COc1cccc(CCC#N)c1OC(F)F. The maximum Gasteiger partial charge on any atom is 0.387 e. The van der Waals surface area contributed by atoms with Crippen molar-refractivity contribution in [2.75, 3.05) is 7.11 Å². The molecule has 5 heteroatoms. The Morgan fingerprint density at radius 3 is 2.75 bits per heavy atom. The van der Waals surface area contributed by atoms with Crippen molar-refractivity contribution in [2.24, 2.45) is 0 Å². The summed E-state index contributed by atoms with van der Waals surface area (Å²) in [4.78, 5) is 0. The number of aryl methyl sites for hydroxylation is 1.